The summed E-state index contributed by atoms with van der Waals surface area (Å²) in [4.78, 5) is 22.2. The second-order valence-corrected chi connectivity index (χ2v) is 4.46. The van der Waals surface area contributed by atoms with Gasteiger partial charge in [0, 0.05) is 0 Å². The Labute approximate surface area is 140 Å². The third-order valence-electron chi connectivity index (χ3n) is 2.73. The molecule has 0 aliphatic carbocycles. The molecule has 0 bridgehead atoms. The van der Waals surface area contributed by atoms with Gasteiger partial charge in [0.2, 0.25) is 0 Å². The second kappa shape index (κ2) is 10.8. The van der Waals surface area contributed by atoms with E-state index in [1.54, 1.807) is 31.2 Å². The first kappa shape index (κ1) is 19.2. The first-order chi connectivity index (χ1) is 11.6. The van der Waals surface area contributed by atoms with Crippen molar-refractivity contribution in [1.82, 2.24) is 0 Å². The summed E-state index contributed by atoms with van der Waals surface area (Å²) in [6.45, 7) is 1.93. The molecular formula is C18H20O6. The second-order valence-electron chi connectivity index (χ2n) is 4.46. The normalized spacial score (nSPS) is 9.42. The average molecular weight is 332 g/mol. The van der Waals surface area contributed by atoms with Crippen LogP contribution in [0.15, 0.2) is 54.6 Å². The quantitative estimate of drug-likeness (QED) is 0.817. The summed E-state index contributed by atoms with van der Waals surface area (Å²) in [5, 5.41) is 17.6. The average Bonchev–Trinajstić information content (AvgIpc) is 2.61. The van der Waals surface area contributed by atoms with Gasteiger partial charge in [-0.1, -0.05) is 30.3 Å². The smallest absolute Gasteiger partial charge is 0.341 e. The number of rotatable bonds is 5. The van der Waals surface area contributed by atoms with Gasteiger partial charge in [-0.15, -0.1) is 0 Å². The van der Waals surface area contributed by atoms with Crippen LogP contribution in [0.25, 0.3) is 0 Å². The van der Waals surface area contributed by atoms with Crippen LogP contribution >= 0.6 is 0 Å². The molecule has 0 atom stereocenters. The Bertz CT molecular complexity index is 639. The van der Waals surface area contributed by atoms with Crippen LogP contribution in [0.4, 0.5) is 0 Å². The number of hydrogen-bond donors (Lipinski definition) is 2. The van der Waals surface area contributed by atoms with Gasteiger partial charge < -0.3 is 19.7 Å². The summed E-state index contributed by atoms with van der Waals surface area (Å²) >= 11 is 0. The van der Waals surface area contributed by atoms with Gasteiger partial charge in [0.25, 0.3) is 0 Å². The first-order valence-corrected chi connectivity index (χ1v) is 7.38. The van der Waals surface area contributed by atoms with Crippen LogP contribution in [-0.2, 0) is 9.47 Å². The molecule has 0 amide bonds. The highest BCUT2D eigenvalue weighted by molar-refractivity contribution is 5.92. The number of aliphatic hydroxyl groups is 1. The molecule has 2 aromatic rings. The molecule has 0 aliphatic rings. The molecule has 0 aromatic heterocycles. The number of phenols is 1. The van der Waals surface area contributed by atoms with E-state index < -0.39 is 5.97 Å². The molecule has 0 fully saturated rings. The molecule has 2 aromatic carbocycles. The van der Waals surface area contributed by atoms with Crippen LogP contribution in [0, 0.1) is 0 Å². The maximum Gasteiger partial charge on any atom is 0.341 e. The van der Waals surface area contributed by atoms with Crippen molar-refractivity contribution >= 4 is 11.9 Å². The topological polar surface area (TPSA) is 93.1 Å². The van der Waals surface area contributed by atoms with Gasteiger partial charge in [0.15, 0.2) is 0 Å². The number of esters is 2. The third-order valence-corrected chi connectivity index (χ3v) is 2.73. The number of hydrogen-bond acceptors (Lipinski definition) is 6. The van der Waals surface area contributed by atoms with Crippen molar-refractivity contribution in [2.75, 3.05) is 19.8 Å². The highest BCUT2D eigenvalue weighted by atomic mass is 16.5. The molecule has 0 radical (unpaired) electrons. The van der Waals surface area contributed by atoms with E-state index in [1.165, 1.54) is 12.1 Å². The zero-order valence-electron chi connectivity index (χ0n) is 13.3. The van der Waals surface area contributed by atoms with Crippen molar-refractivity contribution in [3.8, 4) is 5.75 Å². The van der Waals surface area contributed by atoms with Crippen molar-refractivity contribution < 1.29 is 29.3 Å². The standard InChI is InChI=1S/C9H10O4.C9H10O2/c10-5-6-13-9(12)7-3-1-2-4-8(7)11;1-2-11-9(10)8-6-4-3-5-7-8/h1-4,10-11H,5-6H2;3-7H,2H2,1H3. The number of carbonyl (C=O) groups is 2. The third kappa shape index (κ3) is 6.50. The summed E-state index contributed by atoms with van der Waals surface area (Å²) in [6.07, 6.45) is 0. The molecule has 128 valence electrons. The van der Waals surface area contributed by atoms with Crippen LogP contribution in [0.3, 0.4) is 0 Å². The Kier molecular flexibility index (Phi) is 8.63. The summed E-state index contributed by atoms with van der Waals surface area (Å²) in [6, 6.07) is 15.0. The zero-order valence-corrected chi connectivity index (χ0v) is 13.3. The molecule has 0 heterocycles. The molecule has 2 rings (SSSR count). The van der Waals surface area contributed by atoms with Gasteiger partial charge in [-0.25, -0.2) is 9.59 Å². The first-order valence-electron chi connectivity index (χ1n) is 7.38. The van der Waals surface area contributed by atoms with Crippen molar-refractivity contribution in [2.45, 2.75) is 6.92 Å². The molecule has 6 heteroatoms. The molecule has 0 aliphatic heterocycles. The van der Waals surface area contributed by atoms with E-state index in [1.807, 2.05) is 18.2 Å². The predicted molar refractivity (Wildman–Crippen MR) is 87.9 cm³/mol. The van der Waals surface area contributed by atoms with Crippen molar-refractivity contribution in [1.29, 1.82) is 0 Å². The Morgan fingerprint density at radius 1 is 0.917 bits per heavy atom. The van der Waals surface area contributed by atoms with Crippen molar-refractivity contribution in [2.24, 2.45) is 0 Å². The summed E-state index contributed by atoms with van der Waals surface area (Å²) in [5.41, 5.74) is 0.713. The zero-order chi connectivity index (χ0) is 17.8. The van der Waals surface area contributed by atoms with Gasteiger partial charge in [0.1, 0.15) is 17.9 Å². The van der Waals surface area contributed by atoms with E-state index in [9.17, 15) is 14.7 Å². The van der Waals surface area contributed by atoms with E-state index in [0.29, 0.717) is 12.2 Å². The molecular weight excluding hydrogens is 312 g/mol. The van der Waals surface area contributed by atoms with Crippen LogP contribution in [0.2, 0.25) is 0 Å². The lowest BCUT2D eigenvalue weighted by atomic mass is 10.2. The molecule has 0 spiro atoms. The summed E-state index contributed by atoms with van der Waals surface area (Å²) in [7, 11) is 0. The lowest BCUT2D eigenvalue weighted by molar-refractivity contribution is 0.0430. The van der Waals surface area contributed by atoms with E-state index in [4.69, 9.17) is 9.84 Å². The minimum atomic E-state index is -0.632. The monoisotopic (exact) mass is 332 g/mol. The Morgan fingerprint density at radius 3 is 2.12 bits per heavy atom. The van der Waals surface area contributed by atoms with Gasteiger partial charge in [0.05, 0.1) is 18.8 Å². The maximum absolute atomic E-state index is 11.1. The lowest BCUT2D eigenvalue weighted by Crippen LogP contribution is -2.08. The number of para-hydroxylation sites is 1. The molecule has 0 saturated carbocycles. The highest BCUT2D eigenvalue weighted by Crippen LogP contribution is 2.16. The van der Waals surface area contributed by atoms with E-state index >= 15 is 0 Å². The van der Waals surface area contributed by atoms with E-state index in [0.717, 1.165) is 0 Å². The van der Waals surface area contributed by atoms with Gasteiger partial charge in [-0.05, 0) is 31.2 Å². The number of aliphatic hydroxyl groups excluding tert-OH is 1. The fourth-order valence-electron chi connectivity index (χ4n) is 1.65. The van der Waals surface area contributed by atoms with Gasteiger partial charge >= 0.3 is 11.9 Å². The summed E-state index contributed by atoms with van der Waals surface area (Å²) < 4.78 is 9.40. The highest BCUT2D eigenvalue weighted by Gasteiger charge is 2.10. The van der Waals surface area contributed by atoms with Crippen LogP contribution < -0.4 is 0 Å². The Morgan fingerprint density at radius 2 is 1.54 bits per heavy atom. The van der Waals surface area contributed by atoms with E-state index in [-0.39, 0.29) is 30.5 Å². The fraction of sp³-hybridized carbons (Fsp3) is 0.222. The largest absolute Gasteiger partial charge is 0.507 e. The SMILES string of the molecule is CCOC(=O)c1ccccc1.O=C(OCCO)c1ccccc1O. The fourth-order valence-corrected chi connectivity index (χ4v) is 1.65. The summed E-state index contributed by atoms with van der Waals surface area (Å²) in [5.74, 6) is -1.01. The van der Waals surface area contributed by atoms with Crippen LogP contribution in [0.1, 0.15) is 27.6 Å². The number of benzene rings is 2. The van der Waals surface area contributed by atoms with Gasteiger partial charge in [-0.3, -0.25) is 0 Å². The molecule has 24 heavy (non-hydrogen) atoms. The van der Waals surface area contributed by atoms with Crippen molar-refractivity contribution in [3.63, 3.8) is 0 Å². The number of phenolic OH excluding ortho intramolecular Hbond substituents is 1. The van der Waals surface area contributed by atoms with Crippen LogP contribution in [-0.4, -0.2) is 42.0 Å². The van der Waals surface area contributed by atoms with E-state index in [2.05, 4.69) is 4.74 Å². The molecule has 6 nitrogen and oxygen atoms in total. The predicted octanol–water partition coefficient (Wildman–Crippen LogP) is 2.40. The lowest BCUT2D eigenvalue weighted by Gasteiger charge is -2.03. The maximum atomic E-state index is 11.1. The number of aromatic hydroxyl groups is 1. The molecule has 0 saturated heterocycles. The van der Waals surface area contributed by atoms with Crippen molar-refractivity contribution in [3.05, 3.63) is 65.7 Å². The van der Waals surface area contributed by atoms with Gasteiger partial charge in [-0.2, -0.15) is 0 Å². The Balaban J connectivity index is 0.000000243. The number of carbonyl (C=O) groups excluding carboxylic acids is 2. The molecule has 0 unspecified atom stereocenters. The Hall–Kier alpha value is -2.86. The minimum Gasteiger partial charge on any atom is -0.507 e. The van der Waals surface area contributed by atoms with Crippen LogP contribution in [0.5, 0.6) is 5.75 Å². The number of ether oxygens (including phenoxy) is 2. The minimum absolute atomic E-state index is 0.0623. The molecule has 2 N–H and O–H groups in total.